The lowest BCUT2D eigenvalue weighted by atomic mass is 10.1. The molecule has 2 aromatic carbocycles. The highest BCUT2D eigenvalue weighted by Crippen LogP contribution is 2.24. The number of fused-ring (bicyclic) bond motifs is 1. The number of methoxy groups -OCH3 is 1. The molecule has 1 aliphatic heterocycles. The van der Waals surface area contributed by atoms with Crippen molar-refractivity contribution in [3.05, 3.63) is 76.1 Å². The number of hydrogen-bond acceptors (Lipinski definition) is 6. The van der Waals surface area contributed by atoms with E-state index in [2.05, 4.69) is 6.07 Å². The minimum atomic E-state index is -0.630. The van der Waals surface area contributed by atoms with Crippen LogP contribution in [0.3, 0.4) is 0 Å². The van der Waals surface area contributed by atoms with Crippen molar-refractivity contribution in [2.45, 2.75) is 6.04 Å². The van der Waals surface area contributed by atoms with E-state index < -0.39 is 11.7 Å². The molecule has 3 aromatic rings. The number of rotatable bonds is 4. The third-order valence-corrected chi connectivity index (χ3v) is 5.39. The highest BCUT2D eigenvalue weighted by Gasteiger charge is 2.29. The Labute approximate surface area is 173 Å². The normalized spacial score (nSPS) is 15.5. The molecule has 0 radical (unpaired) electrons. The van der Waals surface area contributed by atoms with Crippen molar-refractivity contribution in [1.29, 1.82) is 5.26 Å². The van der Waals surface area contributed by atoms with Gasteiger partial charge < -0.3 is 14.1 Å². The molecular weight excluding hydrogens is 382 g/mol. The van der Waals surface area contributed by atoms with Crippen molar-refractivity contribution >= 4 is 16.9 Å². The number of carbonyl (C=O) groups is 1. The van der Waals surface area contributed by atoms with E-state index >= 15 is 0 Å². The maximum Gasteiger partial charge on any atom is 0.349 e. The zero-order valence-electron chi connectivity index (χ0n) is 16.6. The lowest BCUT2D eigenvalue weighted by molar-refractivity contribution is 0.0602. The SMILES string of the molecule is COc1ccc(C(C#N)N2CCN(C(=O)c3cc4ccccc4oc3=O)CC2)cc1. The first-order chi connectivity index (χ1) is 14.6. The molecule has 1 aliphatic rings. The highest BCUT2D eigenvalue weighted by atomic mass is 16.5. The van der Waals surface area contributed by atoms with Crippen LogP contribution in [0.25, 0.3) is 11.0 Å². The molecule has 1 saturated heterocycles. The number of amides is 1. The van der Waals surface area contributed by atoms with Crippen LogP contribution in [-0.4, -0.2) is 49.0 Å². The first-order valence-electron chi connectivity index (χ1n) is 9.70. The molecule has 1 fully saturated rings. The molecule has 152 valence electrons. The smallest absolute Gasteiger partial charge is 0.349 e. The van der Waals surface area contributed by atoms with Gasteiger partial charge in [-0.15, -0.1) is 0 Å². The van der Waals surface area contributed by atoms with Crippen molar-refractivity contribution < 1.29 is 13.9 Å². The second-order valence-electron chi connectivity index (χ2n) is 7.12. The summed E-state index contributed by atoms with van der Waals surface area (Å²) in [6.07, 6.45) is 0. The van der Waals surface area contributed by atoms with E-state index in [0.29, 0.717) is 37.1 Å². The summed E-state index contributed by atoms with van der Waals surface area (Å²) < 4.78 is 10.5. The van der Waals surface area contributed by atoms with Crippen LogP contribution in [-0.2, 0) is 0 Å². The molecule has 0 saturated carbocycles. The van der Waals surface area contributed by atoms with Gasteiger partial charge in [0.25, 0.3) is 5.91 Å². The molecule has 7 nitrogen and oxygen atoms in total. The Morgan fingerprint density at radius 2 is 1.80 bits per heavy atom. The lowest BCUT2D eigenvalue weighted by Crippen LogP contribution is -2.50. The largest absolute Gasteiger partial charge is 0.497 e. The Hall–Kier alpha value is -3.63. The average Bonchev–Trinajstić information content (AvgIpc) is 2.79. The van der Waals surface area contributed by atoms with Gasteiger partial charge in [0.05, 0.1) is 13.2 Å². The first-order valence-corrected chi connectivity index (χ1v) is 9.70. The Morgan fingerprint density at radius 1 is 1.10 bits per heavy atom. The van der Waals surface area contributed by atoms with Crippen LogP contribution in [0.2, 0.25) is 0 Å². The number of hydrogen-bond donors (Lipinski definition) is 0. The van der Waals surface area contributed by atoms with E-state index in [0.717, 1.165) is 11.3 Å². The van der Waals surface area contributed by atoms with Crippen LogP contribution in [0.15, 0.2) is 63.8 Å². The summed E-state index contributed by atoms with van der Waals surface area (Å²) in [5.41, 5.74) is 0.747. The van der Waals surface area contributed by atoms with Gasteiger partial charge in [-0.25, -0.2) is 4.79 Å². The number of nitriles is 1. The minimum absolute atomic E-state index is 0.0362. The monoisotopic (exact) mass is 403 g/mol. The topological polar surface area (TPSA) is 86.8 Å². The van der Waals surface area contributed by atoms with Crippen molar-refractivity contribution in [3.8, 4) is 11.8 Å². The zero-order chi connectivity index (χ0) is 21.1. The molecule has 7 heteroatoms. The molecular formula is C23H21N3O4. The van der Waals surface area contributed by atoms with E-state index in [4.69, 9.17) is 9.15 Å². The second-order valence-corrected chi connectivity index (χ2v) is 7.12. The number of benzene rings is 2. The summed E-state index contributed by atoms with van der Waals surface area (Å²) in [6.45, 7) is 1.93. The number of para-hydroxylation sites is 1. The van der Waals surface area contributed by atoms with E-state index in [-0.39, 0.29) is 11.5 Å². The first kappa shape index (κ1) is 19.7. The predicted molar refractivity (Wildman–Crippen MR) is 111 cm³/mol. The van der Waals surface area contributed by atoms with E-state index in [9.17, 15) is 14.9 Å². The Balaban J connectivity index is 1.47. The summed E-state index contributed by atoms with van der Waals surface area (Å²) in [4.78, 5) is 28.9. The fraction of sp³-hybridized carbons (Fsp3) is 0.261. The van der Waals surface area contributed by atoms with Crippen LogP contribution in [0.4, 0.5) is 0 Å². The second kappa shape index (κ2) is 8.39. The van der Waals surface area contributed by atoms with Gasteiger partial charge in [0.1, 0.15) is 22.9 Å². The van der Waals surface area contributed by atoms with Gasteiger partial charge in [0.2, 0.25) is 0 Å². The van der Waals surface area contributed by atoms with E-state index in [1.165, 1.54) is 0 Å². The average molecular weight is 403 g/mol. The van der Waals surface area contributed by atoms with E-state index in [1.807, 2.05) is 35.2 Å². The van der Waals surface area contributed by atoms with Crippen LogP contribution in [0, 0.1) is 11.3 Å². The van der Waals surface area contributed by atoms with Gasteiger partial charge in [-0.05, 0) is 29.8 Å². The zero-order valence-corrected chi connectivity index (χ0v) is 16.6. The van der Waals surface area contributed by atoms with E-state index in [1.54, 1.807) is 36.3 Å². The Kier molecular flexibility index (Phi) is 5.50. The van der Waals surface area contributed by atoms with Gasteiger partial charge in [-0.1, -0.05) is 30.3 Å². The van der Waals surface area contributed by atoms with Crippen molar-refractivity contribution in [1.82, 2.24) is 9.80 Å². The molecule has 0 bridgehead atoms. The molecule has 1 unspecified atom stereocenters. The Morgan fingerprint density at radius 3 is 2.47 bits per heavy atom. The van der Waals surface area contributed by atoms with Crippen molar-refractivity contribution in [2.75, 3.05) is 33.3 Å². The molecule has 2 heterocycles. The number of nitrogens with zero attached hydrogens (tertiary/aromatic N) is 3. The molecule has 0 N–H and O–H groups in total. The molecule has 1 atom stereocenters. The molecule has 1 aromatic heterocycles. The van der Waals surface area contributed by atoms with Gasteiger partial charge in [-0.2, -0.15) is 5.26 Å². The number of piperazine rings is 1. The quantitative estimate of drug-likeness (QED) is 0.623. The molecule has 1 amide bonds. The van der Waals surface area contributed by atoms with Gasteiger partial charge in [-0.3, -0.25) is 9.69 Å². The summed E-state index contributed by atoms with van der Waals surface area (Å²) in [6, 6.07) is 18.1. The Bertz CT molecular complexity index is 1160. The van der Waals surface area contributed by atoms with Crippen LogP contribution in [0.5, 0.6) is 5.75 Å². The standard InChI is InChI=1S/C23H21N3O4/c1-29-18-8-6-16(7-9-18)20(15-24)25-10-12-26(13-11-25)22(27)19-14-17-4-2-3-5-21(17)30-23(19)28/h2-9,14,20H,10-13H2,1H3. The minimum Gasteiger partial charge on any atom is -0.497 e. The summed E-state index contributed by atoms with van der Waals surface area (Å²) in [5, 5.41) is 10.4. The molecule has 0 aliphatic carbocycles. The summed E-state index contributed by atoms with van der Waals surface area (Å²) in [5.74, 6) is 0.396. The number of ether oxygens (including phenoxy) is 1. The van der Waals surface area contributed by atoms with Crippen LogP contribution >= 0.6 is 0 Å². The lowest BCUT2D eigenvalue weighted by Gasteiger charge is -2.36. The van der Waals surface area contributed by atoms with Gasteiger partial charge in [0, 0.05) is 31.6 Å². The fourth-order valence-electron chi connectivity index (χ4n) is 3.72. The highest BCUT2D eigenvalue weighted by molar-refractivity contribution is 5.96. The summed E-state index contributed by atoms with van der Waals surface area (Å²) >= 11 is 0. The van der Waals surface area contributed by atoms with Crippen molar-refractivity contribution in [3.63, 3.8) is 0 Å². The predicted octanol–water partition coefficient (Wildman–Crippen LogP) is 2.82. The van der Waals surface area contributed by atoms with Crippen LogP contribution < -0.4 is 10.4 Å². The van der Waals surface area contributed by atoms with Gasteiger partial charge in [0.15, 0.2) is 0 Å². The maximum absolute atomic E-state index is 12.9. The molecule has 0 spiro atoms. The third kappa shape index (κ3) is 3.78. The maximum atomic E-state index is 12.9. The molecule has 30 heavy (non-hydrogen) atoms. The van der Waals surface area contributed by atoms with Crippen molar-refractivity contribution in [2.24, 2.45) is 0 Å². The van der Waals surface area contributed by atoms with Crippen LogP contribution in [0.1, 0.15) is 22.0 Å². The number of carbonyl (C=O) groups excluding carboxylic acids is 1. The third-order valence-electron chi connectivity index (χ3n) is 5.39. The summed E-state index contributed by atoms with van der Waals surface area (Å²) in [7, 11) is 1.60. The fourth-order valence-corrected chi connectivity index (χ4v) is 3.72. The molecule has 4 rings (SSSR count). The van der Waals surface area contributed by atoms with Gasteiger partial charge >= 0.3 is 5.63 Å².